The van der Waals surface area contributed by atoms with Crippen LogP contribution < -0.4 is 5.73 Å². The van der Waals surface area contributed by atoms with Gasteiger partial charge in [-0.15, -0.1) is 0 Å². The van der Waals surface area contributed by atoms with Crippen molar-refractivity contribution in [2.45, 2.75) is 25.9 Å². The molecule has 0 aliphatic carbocycles. The highest BCUT2D eigenvalue weighted by Crippen LogP contribution is 2.14. The van der Waals surface area contributed by atoms with E-state index >= 15 is 0 Å². The van der Waals surface area contributed by atoms with Crippen molar-refractivity contribution in [2.75, 3.05) is 13.6 Å². The predicted molar refractivity (Wildman–Crippen MR) is 82.3 cm³/mol. The Morgan fingerprint density at radius 1 is 1.30 bits per heavy atom. The average molecular weight is 272 g/mol. The normalized spacial score (nSPS) is 12.8. The lowest BCUT2D eigenvalue weighted by molar-refractivity contribution is 0.295. The summed E-state index contributed by atoms with van der Waals surface area (Å²) in [6, 6.07) is 8.63. The van der Waals surface area contributed by atoms with E-state index in [0.717, 1.165) is 25.3 Å². The van der Waals surface area contributed by atoms with Crippen LogP contribution in [0.4, 0.5) is 0 Å². The van der Waals surface area contributed by atoms with Gasteiger partial charge in [-0.2, -0.15) is 0 Å². The number of aromatic nitrogens is 2. The fraction of sp³-hybridized carbons (Fsp3) is 0.438. The summed E-state index contributed by atoms with van der Waals surface area (Å²) >= 11 is 0. The van der Waals surface area contributed by atoms with E-state index in [2.05, 4.69) is 48.1 Å². The molecule has 1 aromatic carbocycles. The second-order valence-electron chi connectivity index (χ2n) is 5.35. The molecule has 0 saturated carbocycles. The Hall–Kier alpha value is -1.65. The number of nitrogens with zero attached hydrogens (tertiary/aromatic N) is 3. The van der Waals surface area contributed by atoms with Gasteiger partial charge in [-0.1, -0.05) is 31.2 Å². The van der Waals surface area contributed by atoms with Crippen molar-refractivity contribution in [1.29, 1.82) is 0 Å². The summed E-state index contributed by atoms with van der Waals surface area (Å²) in [7, 11) is 4.09. The van der Waals surface area contributed by atoms with Crippen LogP contribution in [-0.4, -0.2) is 28.0 Å². The lowest BCUT2D eigenvalue weighted by atomic mass is 10.0. The van der Waals surface area contributed by atoms with Crippen LogP contribution in [0.2, 0.25) is 0 Å². The molecule has 2 rings (SSSR count). The largest absolute Gasteiger partial charge is 0.337 e. The van der Waals surface area contributed by atoms with Crippen molar-refractivity contribution in [3.8, 4) is 0 Å². The maximum Gasteiger partial charge on any atom is 0.122 e. The summed E-state index contributed by atoms with van der Waals surface area (Å²) in [6.45, 7) is 3.79. The smallest absolute Gasteiger partial charge is 0.122 e. The molecule has 0 bridgehead atoms. The first kappa shape index (κ1) is 14.8. The fourth-order valence-corrected chi connectivity index (χ4v) is 2.30. The SMILES string of the molecule is CCc1ccc(C(N)CN(C)Cc2nccn2C)cc1. The Kier molecular flexibility index (Phi) is 4.93. The Balaban J connectivity index is 1.92. The Morgan fingerprint density at radius 2 is 2.00 bits per heavy atom. The number of imidazole rings is 1. The maximum absolute atomic E-state index is 6.29. The zero-order chi connectivity index (χ0) is 14.5. The highest BCUT2D eigenvalue weighted by Gasteiger charge is 2.11. The van der Waals surface area contributed by atoms with E-state index in [1.54, 1.807) is 0 Å². The monoisotopic (exact) mass is 272 g/mol. The highest BCUT2D eigenvalue weighted by molar-refractivity contribution is 5.25. The molecule has 0 spiro atoms. The molecule has 1 unspecified atom stereocenters. The molecule has 0 saturated heterocycles. The van der Waals surface area contributed by atoms with Gasteiger partial charge in [0.25, 0.3) is 0 Å². The Morgan fingerprint density at radius 3 is 2.55 bits per heavy atom. The van der Waals surface area contributed by atoms with Crippen LogP contribution in [0.1, 0.15) is 29.9 Å². The molecule has 2 aromatic rings. The van der Waals surface area contributed by atoms with Gasteiger partial charge in [-0.3, -0.25) is 4.90 Å². The first-order valence-corrected chi connectivity index (χ1v) is 7.09. The number of aryl methyl sites for hydroxylation is 2. The molecule has 1 aromatic heterocycles. The zero-order valence-corrected chi connectivity index (χ0v) is 12.6. The zero-order valence-electron chi connectivity index (χ0n) is 12.6. The van der Waals surface area contributed by atoms with Gasteiger partial charge in [0.1, 0.15) is 5.82 Å². The van der Waals surface area contributed by atoms with E-state index in [1.165, 1.54) is 11.1 Å². The molecule has 0 amide bonds. The Bertz CT molecular complexity index is 530. The van der Waals surface area contributed by atoms with E-state index in [9.17, 15) is 0 Å². The molecule has 108 valence electrons. The molecule has 20 heavy (non-hydrogen) atoms. The van der Waals surface area contributed by atoms with Crippen LogP contribution in [0.15, 0.2) is 36.7 Å². The van der Waals surface area contributed by atoms with Crippen molar-refractivity contribution in [1.82, 2.24) is 14.5 Å². The number of nitrogens with two attached hydrogens (primary N) is 1. The molecule has 0 aliphatic rings. The second-order valence-corrected chi connectivity index (χ2v) is 5.35. The minimum Gasteiger partial charge on any atom is -0.337 e. The molecule has 4 nitrogen and oxygen atoms in total. The summed E-state index contributed by atoms with van der Waals surface area (Å²) in [5.41, 5.74) is 8.82. The molecular formula is C16H24N4. The van der Waals surface area contributed by atoms with E-state index in [1.807, 2.05) is 24.0 Å². The van der Waals surface area contributed by atoms with Gasteiger partial charge < -0.3 is 10.3 Å². The number of likely N-dealkylation sites (N-methyl/N-ethyl adjacent to an activating group) is 1. The number of benzene rings is 1. The molecule has 4 heteroatoms. The topological polar surface area (TPSA) is 47.1 Å². The van der Waals surface area contributed by atoms with Gasteiger partial charge in [0, 0.05) is 32.0 Å². The van der Waals surface area contributed by atoms with Gasteiger partial charge in [0.05, 0.1) is 6.54 Å². The first-order chi connectivity index (χ1) is 9.60. The maximum atomic E-state index is 6.29. The van der Waals surface area contributed by atoms with Gasteiger partial charge in [-0.25, -0.2) is 4.98 Å². The minimum atomic E-state index is 0.0335. The summed E-state index contributed by atoms with van der Waals surface area (Å²) in [6.07, 6.45) is 4.85. The third-order valence-electron chi connectivity index (χ3n) is 3.66. The fourth-order valence-electron chi connectivity index (χ4n) is 2.30. The third-order valence-corrected chi connectivity index (χ3v) is 3.66. The standard InChI is InChI=1S/C16H24N4/c1-4-13-5-7-14(8-6-13)15(17)11-19(2)12-16-18-9-10-20(16)3/h5-10,15H,4,11-12,17H2,1-3H3. The number of rotatable bonds is 6. The van der Waals surface area contributed by atoms with Gasteiger partial charge >= 0.3 is 0 Å². The predicted octanol–water partition coefficient (Wildman–Crippen LogP) is 2.11. The van der Waals surface area contributed by atoms with Crippen LogP contribution in [-0.2, 0) is 20.0 Å². The Labute approximate surface area is 121 Å². The average Bonchev–Trinajstić information content (AvgIpc) is 2.84. The van der Waals surface area contributed by atoms with Crippen molar-refractivity contribution < 1.29 is 0 Å². The first-order valence-electron chi connectivity index (χ1n) is 7.09. The van der Waals surface area contributed by atoms with E-state index in [-0.39, 0.29) is 6.04 Å². The van der Waals surface area contributed by atoms with E-state index < -0.39 is 0 Å². The quantitative estimate of drug-likeness (QED) is 0.876. The summed E-state index contributed by atoms with van der Waals surface area (Å²) in [5, 5.41) is 0. The lowest BCUT2D eigenvalue weighted by Crippen LogP contribution is -2.29. The van der Waals surface area contributed by atoms with E-state index in [4.69, 9.17) is 5.73 Å². The van der Waals surface area contributed by atoms with Crippen molar-refractivity contribution in [3.63, 3.8) is 0 Å². The molecule has 0 aliphatic heterocycles. The van der Waals surface area contributed by atoms with Gasteiger partial charge in [0.2, 0.25) is 0 Å². The van der Waals surface area contributed by atoms with E-state index in [0.29, 0.717) is 0 Å². The summed E-state index contributed by atoms with van der Waals surface area (Å²) < 4.78 is 2.04. The van der Waals surface area contributed by atoms with Gasteiger partial charge in [0.15, 0.2) is 0 Å². The van der Waals surface area contributed by atoms with Crippen LogP contribution >= 0.6 is 0 Å². The van der Waals surface area contributed by atoms with Crippen molar-refractivity contribution >= 4 is 0 Å². The van der Waals surface area contributed by atoms with Crippen LogP contribution in [0.5, 0.6) is 0 Å². The molecular weight excluding hydrogens is 248 g/mol. The number of hydrogen-bond donors (Lipinski definition) is 1. The van der Waals surface area contributed by atoms with Gasteiger partial charge in [-0.05, 0) is 24.6 Å². The third kappa shape index (κ3) is 3.68. The summed E-state index contributed by atoms with van der Waals surface area (Å²) in [4.78, 5) is 6.55. The second kappa shape index (κ2) is 6.68. The molecule has 1 atom stereocenters. The lowest BCUT2D eigenvalue weighted by Gasteiger charge is -2.21. The molecule has 0 fully saturated rings. The minimum absolute atomic E-state index is 0.0335. The molecule has 0 radical (unpaired) electrons. The van der Waals surface area contributed by atoms with Crippen molar-refractivity contribution in [3.05, 3.63) is 53.6 Å². The molecule has 1 heterocycles. The van der Waals surface area contributed by atoms with Crippen molar-refractivity contribution in [2.24, 2.45) is 12.8 Å². The molecule has 2 N–H and O–H groups in total. The summed E-state index contributed by atoms with van der Waals surface area (Å²) in [5.74, 6) is 1.06. The number of hydrogen-bond acceptors (Lipinski definition) is 3. The van der Waals surface area contributed by atoms with Crippen LogP contribution in [0, 0.1) is 0 Å². The highest BCUT2D eigenvalue weighted by atomic mass is 15.2. The van der Waals surface area contributed by atoms with Crippen LogP contribution in [0.3, 0.4) is 0 Å². The van der Waals surface area contributed by atoms with Crippen LogP contribution in [0.25, 0.3) is 0 Å².